The highest BCUT2D eigenvalue weighted by atomic mass is 32.1. The fraction of sp³-hybridized carbons (Fsp3) is 0.375. The number of anilines is 1. The molecular formula is C24H24F3N7O3S. The molecule has 0 bridgehead atoms. The molecule has 1 aliphatic heterocycles. The van der Waals surface area contributed by atoms with Crippen LogP contribution in [-0.4, -0.2) is 63.8 Å². The Morgan fingerprint density at radius 2 is 2.03 bits per heavy atom. The van der Waals surface area contributed by atoms with E-state index in [0.29, 0.717) is 30.6 Å². The van der Waals surface area contributed by atoms with E-state index in [2.05, 4.69) is 25.1 Å². The highest BCUT2D eigenvalue weighted by Crippen LogP contribution is 2.37. The molecule has 0 unspecified atom stereocenters. The molecule has 0 radical (unpaired) electrons. The van der Waals surface area contributed by atoms with Gasteiger partial charge in [-0.05, 0) is 38.1 Å². The molecule has 200 valence electrons. The van der Waals surface area contributed by atoms with Crippen LogP contribution in [0.25, 0.3) is 22.4 Å². The number of rotatable bonds is 5. The lowest BCUT2D eigenvalue weighted by Gasteiger charge is -2.39. The number of oxazole rings is 1. The van der Waals surface area contributed by atoms with Gasteiger partial charge in [0.2, 0.25) is 11.0 Å². The summed E-state index contributed by atoms with van der Waals surface area (Å²) in [5.74, 6) is 0.0573. The minimum atomic E-state index is -4.63. The minimum Gasteiger partial charge on any atom is -0.494 e. The monoisotopic (exact) mass is 547 g/mol. The zero-order valence-electron chi connectivity index (χ0n) is 20.7. The first kappa shape index (κ1) is 25.9. The molecule has 1 fully saturated rings. The third-order valence-electron chi connectivity index (χ3n) is 6.34. The fourth-order valence-electron chi connectivity index (χ4n) is 4.48. The van der Waals surface area contributed by atoms with Gasteiger partial charge in [0.25, 0.3) is 5.91 Å². The lowest BCUT2D eigenvalue weighted by Crippen LogP contribution is -2.54. The van der Waals surface area contributed by atoms with Crippen LogP contribution in [0, 0.1) is 0 Å². The molecule has 10 nitrogen and oxygen atoms in total. The fourth-order valence-corrected chi connectivity index (χ4v) is 5.08. The van der Waals surface area contributed by atoms with Gasteiger partial charge in [-0.3, -0.25) is 4.79 Å². The summed E-state index contributed by atoms with van der Waals surface area (Å²) in [5, 5.41) is 9.10. The maximum Gasteiger partial charge on any atom is 0.433 e. The summed E-state index contributed by atoms with van der Waals surface area (Å²) >= 11 is 1.43. The van der Waals surface area contributed by atoms with Crippen LogP contribution in [0.15, 0.2) is 34.2 Å². The summed E-state index contributed by atoms with van der Waals surface area (Å²) in [6, 6.07) is 4.43. The normalized spacial score (nSPS) is 17.2. The standard InChI is InChI=1S/C24H24F3N7O3S/c1-12-10-33(23-32-29-11-38-23)8-9-34(12)22(35)19-20(13(2)28)37-21(31-19)15-4-6-16(36-3)18-14(15)5-7-17(30-18)24(25,26)27/h4-7,11-13H,8-10,28H2,1-3H3/t12-,13-/m0/s1. The molecule has 4 heterocycles. The van der Waals surface area contributed by atoms with Crippen molar-refractivity contribution in [3.05, 3.63) is 46.9 Å². The lowest BCUT2D eigenvalue weighted by atomic mass is 10.1. The van der Waals surface area contributed by atoms with E-state index in [9.17, 15) is 18.0 Å². The van der Waals surface area contributed by atoms with Crippen LogP contribution < -0.4 is 15.4 Å². The number of piperazine rings is 1. The van der Waals surface area contributed by atoms with Gasteiger partial charge in [0.15, 0.2) is 11.5 Å². The van der Waals surface area contributed by atoms with Crippen molar-refractivity contribution in [3.63, 3.8) is 0 Å². The Morgan fingerprint density at radius 3 is 2.66 bits per heavy atom. The molecular weight excluding hydrogens is 523 g/mol. The van der Waals surface area contributed by atoms with Crippen molar-refractivity contribution in [3.8, 4) is 17.2 Å². The second kappa shape index (κ2) is 9.83. The number of carbonyl (C=O) groups is 1. The number of alkyl halides is 3. The van der Waals surface area contributed by atoms with Crippen molar-refractivity contribution >= 4 is 33.3 Å². The van der Waals surface area contributed by atoms with E-state index in [4.69, 9.17) is 14.9 Å². The summed E-state index contributed by atoms with van der Waals surface area (Å²) in [6.07, 6.45) is -4.63. The van der Waals surface area contributed by atoms with Crippen molar-refractivity contribution in [2.45, 2.75) is 32.1 Å². The predicted molar refractivity (Wildman–Crippen MR) is 134 cm³/mol. The summed E-state index contributed by atoms with van der Waals surface area (Å²) < 4.78 is 51.2. The number of pyridine rings is 1. The van der Waals surface area contributed by atoms with Gasteiger partial charge in [-0.15, -0.1) is 10.2 Å². The molecule has 0 spiro atoms. The number of nitrogens with two attached hydrogens (primary N) is 1. The van der Waals surface area contributed by atoms with Crippen LogP contribution >= 0.6 is 11.3 Å². The smallest absolute Gasteiger partial charge is 0.433 e. The number of halogens is 3. The number of hydrogen-bond donors (Lipinski definition) is 1. The summed E-state index contributed by atoms with van der Waals surface area (Å²) in [6.45, 7) is 5.16. The van der Waals surface area contributed by atoms with Crippen LogP contribution in [0.4, 0.5) is 18.3 Å². The van der Waals surface area contributed by atoms with Crippen molar-refractivity contribution in [1.82, 2.24) is 25.1 Å². The molecule has 1 aromatic carbocycles. The zero-order valence-corrected chi connectivity index (χ0v) is 21.5. The molecule has 1 aliphatic rings. The third-order valence-corrected chi connectivity index (χ3v) is 7.09. The topological polar surface area (TPSA) is 124 Å². The highest BCUT2D eigenvalue weighted by molar-refractivity contribution is 7.13. The molecule has 0 saturated carbocycles. The molecule has 3 aromatic heterocycles. The summed E-state index contributed by atoms with van der Waals surface area (Å²) in [5.41, 5.74) is 7.16. The van der Waals surface area contributed by atoms with Gasteiger partial charge in [0.1, 0.15) is 22.5 Å². The number of ether oxygens (including phenoxy) is 1. The van der Waals surface area contributed by atoms with Crippen LogP contribution in [0.5, 0.6) is 5.75 Å². The SMILES string of the molecule is COc1ccc(-c2nc(C(=O)N3CCN(c4nncs4)C[C@@H]3C)c([C@H](C)N)o2)c2ccc(C(F)(F)F)nc12. The predicted octanol–water partition coefficient (Wildman–Crippen LogP) is 4.14. The lowest BCUT2D eigenvalue weighted by molar-refractivity contribution is -0.140. The van der Waals surface area contributed by atoms with Crippen LogP contribution in [0.3, 0.4) is 0 Å². The van der Waals surface area contributed by atoms with E-state index in [1.807, 2.05) is 6.92 Å². The molecule has 1 saturated heterocycles. The quantitative estimate of drug-likeness (QED) is 0.393. The minimum absolute atomic E-state index is 0.00494. The molecule has 2 atom stereocenters. The number of aromatic nitrogens is 4. The Kier molecular flexibility index (Phi) is 6.69. The Bertz CT molecular complexity index is 1470. The van der Waals surface area contributed by atoms with Crippen LogP contribution in [0.2, 0.25) is 0 Å². The van der Waals surface area contributed by atoms with Gasteiger partial charge < -0.3 is 24.7 Å². The molecule has 2 N–H and O–H groups in total. The zero-order chi connectivity index (χ0) is 27.2. The largest absolute Gasteiger partial charge is 0.494 e. The van der Waals surface area contributed by atoms with E-state index < -0.39 is 17.9 Å². The second-order valence-corrected chi connectivity index (χ2v) is 9.75. The van der Waals surface area contributed by atoms with E-state index in [1.54, 1.807) is 23.4 Å². The molecule has 4 aromatic rings. The first-order valence-electron chi connectivity index (χ1n) is 11.7. The van der Waals surface area contributed by atoms with Gasteiger partial charge in [0.05, 0.1) is 13.2 Å². The Balaban J connectivity index is 1.52. The maximum atomic E-state index is 13.6. The first-order chi connectivity index (χ1) is 18.1. The number of carbonyl (C=O) groups excluding carboxylic acids is 1. The van der Waals surface area contributed by atoms with Crippen molar-refractivity contribution in [2.75, 3.05) is 31.6 Å². The third kappa shape index (κ3) is 4.65. The van der Waals surface area contributed by atoms with Crippen molar-refractivity contribution < 1.29 is 27.1 Å². The van der Waals surface area contributed by atoms with E-state index in [0.717, 1.165) is 11.2 Å². The number of methoxy groups -OCH3 is 1. The second-order valence-electron chi connectivity index (χ2n) is 8.94. The van der Waals surface area contributed by atoms with E-state index >= 15 is 0 Å². The highest BCUT2D eigenvalue weighted by Gasteiger charge is 2.35. The van der Waals surface area contributed by atoms with Gasteiger partial charge in [-0.25, -0.2) is 9.97 Å². The number of nitrogens with zero attached hydrogens (tertiary/aromatic N) is 6. The van der Waals surface area contributed by atoms with Gasteiger partial charge >= 0.3 is 6.18 Å². The van der Waals surface area contributed by atoms with Gasteiger partial charge in [-0.2, -0.15) is 13.2 Å². The average Bonchev–Trinajstić information content (AvgIpc) is 3.57. The van der Waals surface area contributed by atoms with Gasteiger partial charge in [-0.1, -0.05) is 11.3 Å². The maximum absolute atomic E-state index is 13.6. The van der Waals surface area contributed by atoms with Crippen molar-refractivity contribution in [2.24, 2.45) is 5.73 Å². The number of benzene rings is 1. The van der Waals surface area contributed by atoms with Crippen LogP contribution in [0.1, 0.15) is 41.8 Å². The Morgan fingerprint density at radius 1 is 1.24 bits per heavy atom. The summed E-state index contributed by atoms with van der Waals surface area (Å²) in [7, 11) is 1.35. The molecule has 1 amide bonds. The van der Waals surface area contributed by atoms with Crippen LogP contribution in [-0.2, 0) is 6.18 Å². The van der Waals surface area contributed by atoms with Crippen molar-refractivity contribution in [1.29, 1.82) is 0 Å². The molecule has 38 heavy (non-hydrogen) atoms. The van der Waals surface area contributed by atoms with E-state index in [1.165, 1.54) is 30.6 Å². The van der Waals surface area contributed by atoms with E-state index in [-0.39, 0.29) is 40.6 Å². The molecule has 0 aliphatic carbocycles. The number of hydrogen-bond acceptors (Lipinski definition) is 10. The Labute approximate surface area is 219 Å². The first-order valence-corrected chi connectivity index (χ1v) is 12.6. The summed E-state index contributed by atoms with van der Waals surface area (Å²) in [4.78, 5) is 25.7. The average molecular weight is 548 g/mol. The number of fused-ring (bicyclic) bond motifs is 1. The van der Waals surface area contributed by atoms with Gasteiger partial charge in [0, 0.05) is 36.6 Å². The molecule has 14 heteroatoms. The molecule has 5 rings (SSSR count). The Hall–Kier alpha value is -3.78. The number of amides is 1.